The number of primary amides is 1. The smallest absolute Gasteiger partial charge is 0.293 e. The molecule has 0 saturated heterocycles. The summed E-state index contributed by atoms with van der Waals surface area (Å²) in [5.41, 5.74) is 5.33. The van der Waals surface area contributed by atoms with E-state index in [2.05, 4.69) is 5.32 Å². The van der Waals surface area contributed by atoms with Gasteiger partial charge in [0, 0.05) is 18.2 Å². The van der Waals surface area contributed by atoms with Crippen molar-refractivity contribution in [1.82, 2.24) is 0 Å². The molecule has 0 aliphatic carbocycles. The van der Waals surface area contributed by atoms with E-state index in [4.69, 9.17) is 10.5 Å². The highest BCUT2D eigenvalue weighted by Gasteiger charge is 2.16. The molecular weight excluding hydrogens is 286 g/mol. The summed E-state index contributed by atoms with van der Waals surface area (Å²) in [5.74, 6) is 0.0185. The molecule has 3 N–H and O–H groups in total. The number of carbonyl (C=O) groups excluding carboxylic acids is 1. The molecule has 0 radical (unpaired) electrons. The second kappa shape index (κ2) is 7.07. The fourth-order valence-electron chi connectivity index (χ4n) is 1.86. The fourth-order valence-corrected chi connectivity index (χ4v) is 1.86. The number of anilines is 1. The van der Waals surface area contributed by atoms with Gasteiger partial charge in [-0.25, -0.2) is 0 Å². The van der Waals surface area contributed by atoms with Crippen molar-refractivity contribution in [3.8, 4) is 5.75 Å². The van der Waals surface area contributed by atoms with Crippen molar-refractivity contribution >= 4 is 17.3 Å². The van der Waals surface area contributed by atoms with Gasteiger partial charge in [-0.2, -0.15) is 0 Å². The minimum atomic E-state index is -0.706. The largest absolute Gasteiger partial charge is 0.492 e. The molecular formula is C15H15N3O4. The molecule has 0 saturated carbocycles. The molecule has 2 aromatic rings. The van der Waals surface area contributed by atoms with Crippen LogP contribution in [0.4, 0.5) is 11.4 Å². The Balaban J connectivity index is 1.97. The van der Waals surface area contributed by atoms with Gasteiger partial charge in [0.15, 0.2) is 0 Å². The maximum absolute atomic E-state index is 11.1. The number of rotatable bonds is 7. The average molecular weight is 301 g/mol. The van der Waals surface area contributed by atoms with E-state index in [1.54, 1.807) is 0 Å². The Bertz CT molecular complexity index is 674. The van der Waals surface area contributed by atoms with Crippen molar-refractivity contribution in [2.45, 2.75) is 0 Å². The van der Waals surface area contributed by atoms with E-state index in [-0.39, 0.29) is 11.3 Å². The summed E-state index contributed by atoms with van der Waals surface area (Å²) >= 11 is 0. The maximum atomic E-state index is 11.1. The van der Waals surface area contributed by atoms with E-state index >= 15 is 0 Å². The first-order valence-corrected chi connectivity index (χ1v) is 6.58. The van der Waals surface area contributed by atoms with E-state index in [0.717, 1.165) is 11.8 Å². The van der Waals surface area contributed by atoms with E-state index in [9.17, 15) is 14.9 Å². The van der Waals surface area contributed by atoms with Crippen molar-refractivity contribution in [2.75, 3.05) is 18.5 Å². The summed E-state index contributed by atoms with van der Waals surface area (Å²) in [6.45, 7) is 0.727. The molecule has 0 spiro atoms. The van der Waals surface area contributed by atoms with Gasteiger partial charge in [0.25, 0.3) is 5.69 Å². The molecule has 7 heteroatoms. The van der Waals surface area contributed by atoms with Crippen molar-refractivity contribution in [3.63, 3.8) is 0 Å². The predicted octanol–water partition coefficient (Wildman–Crippen LogP) is 2.18. The first-order valence-electron chi connectivity index (χ1n) is 6.58. The summed E-state index contributed by atoms with van der Waals surface area (Å²) in [5, 5.41) is 13.9. The number of nitrogens with one attached hydrogen (secondary N) is 1. The molecule has 0 fully saturated rings. The van der Waals surface area contributed by atoms with Gasteiger partial charge in [0.05, 0.1) is 4.92 Å². The number of nitro benzene ring substituents is 1. The van der Waals surface area contributed by atoms with Crippen LogP contribution in [0, 0.1) is 10.1 Å². The molecule has 1 amide bonds. The monoisotopic (exact) mass is 301 g/mol. The lowest BCUT2D eigenvalue weighted by Gasteiger charge is -2.09. The Morgan fingerprint density at radius 3 is 2.59 bits per heavy atom. The molecule has 2 rings (SSSR count). The van der Waals surface area contributed by atoms with Gasteiger partial charge in [0.2, 0.25) is 5.91 Å². The number of hydrogen-bond donors (Lipinski definition) is 2. The third-order valence-corrected chi connectivity index (χ3v) is 2.91. The molecule has 114 valence electrons. The van der Waals surface area contributed by atoms with E-state index < -0.39 is 10.8 Å². The average Bonchev–Trinajstić information content (AvgIpc) is 2.52. The molecule has 22 heavy (non-hydrogen) atoms. The van der Waals surface area contributed by atoms with Crippen LogP contribution < -0.4 is 15.8 Å². The predicted molar refractivity (Wildman–Crippen MR) is 82.0 cm³/mol. The Morgan fingerprint density at radius 1 is 1.23 bits per heavy atom. The lowest BCUT2D eigenvalue weighted by Crippen LogP contribution is -2.14. The van der Waals surface area contributed by atoms with Crippen LogP contribution in [0.3, 0.4) is 0 Å². The Kier molecular flexibility index (Phi) is 4.92. The van der Waals surface area contributed by atoms with Gasteiger partial charge in [-0.3, -0.25) is 14.9 Å². The first kappa shape index (κ1) is 15.3. The zero-order valence-electron chi connectivity index (χ0n) is 11.7. The Labute approximate surface area is 126 Å². The summed E-state index contributed by atoms with van der Waals surface area (Å²) < 4.78 is 5.48. The summed E-state index contributed by atoms with van der Waals surface area (Å²) in [6.07, 6.45) is 0. The highest BCUT2D eigenvalue weighted by atomic mass is 16.6. The van der Waals surface area contributed by atoms with Gasteiger partial charge in [-0.15, -0.1) is 0 Å². The van der Waals surface area contributed by atoms with Gasteiger partial charge < -0.3 is 15.8 Å². The normalized spacial score (nSPS) is 10.0. The topological polar surface area (TPSA) is 107 Å². The standard InChI is InChI=1S/C15H15N3O4/c16-15(19)11-6-7-13(14(10-11)18(20)21)17-8-9-22-12-4-2-1-3-5-12/h1-7,10,17H,8-9H2,(H2,16,19). The molecule has 0 aliphatic rings. The minimum absolute atomic E-state index is 0.0952. The maximum Gasteiger partial charge on any atom is 0.293 e. The van der Waals surface area contributed by atoms with Crippen molar-refractivity contribution in [2.24, 2.45) is 5.73 Å². The van der Waals surface area contributed by atoms with Crippen LogP contribution in [0.15, 0.2) is 48.5 Å². The Morgan fingerprint density at radius 2 is 1.95 bits per heavy atom. The van der Waals surface area contributed by atoms with E-state index in [1.807, 2.05) is 30.3 Å². The second-order valence-corrected chi connectivity index (χ2v) is 4.44. The van der Waals surface area contributed by atoms with Crippen LogP contribution >= 0.6 is 0 Å². The third-order valence-electron chi connectivity index (χ3n) is 2.91. The number of carbonyl (C=O) groups is 1. The Hall–Kier alpha value is -3.09. The fraction of sp³-hybridized carbons (Fsp3) is 0.133. The van der Waals surface area contributed by atoms with Crippen LogP contribution in [0.2, 0.25) is 0 Å². The van der Waals surface area contributed by atoms with Gasteiger partial charge >= 0.3 is 0 Å². The number of nitrogens with zero attached hydrogens (tertiary/aromatic N) is 1. The molecule has 0 aromatic heterocycles. The van der Waals surface area contributed by atoms with E-state index in [1.165, 1.54) is 12.1 Å². The molecule has 0 aliphatic heterocycles. The lowest BCUT2D eigenvalue weighted by molar-refractivity contribution is -0.384. The molecule has 0 heterocycles. The van der Waals surface area contributed by atoms with Crippen LogP contribution in [0.5, 0.6) is 5.75 Å². The SMILES string of the molecule is NC(=O)c1ccc(NCCOc2ccccc2)c([N+](=O)[O-])c1. The number of benzene rings is 2. The number of nitro groups is 1. The van der Waals surface area contributed by atoms with Crippen LogP contribution in [-0.4, -0.2) is 24.0 Å². The van der Waals surface area contributed by atoms with Gasteiger partial charge in [-0.1, -0.05) is 18.2 Å². The first-order chi connectivity index (χ1) is 10.6. The molecule has 0 atom stereocenters. The zero-order valence-corrected chi connectivity index (χ0v) is 11.7. The molecule has 0 unspecified atom stereocenters. The summed E-state index contributed by atoms with van der Waals surface area (Å²) in [4.78, 5) is 21.5. The van der Waals surface area contributed by atoms with Crippen LogP contribution in [-0.2, 0) is 0 Å². The molecule has 2 aromatic carbocycles. The number of amides is 1. The van der Waals surface area contributed by atoms with Crippen molar-refractivity contribution < 1.29 is 14.5 Å². The van der Waals surface area contributed by atoms with Crippen molar-refractivity contribution in [1.29, 1.82) is 0 Å². The summed E-state index contributed by atoms with van der Waals surface area (Å²) in [7, 11) is 0. The number of para-hydroxylation sites is 1. The van der Waals surface area contributed by atoms with Crippen LogP contribution in [0.25, 0.3) is 0 Å². The second-order valence-electron chi connectivity index (χ2n) is 4.44. The third kappa shape index (κ3) is 3.95. The van der Waals surface area contributed by atoms with Gasteiger partial charge in [-0.05, 0) is 24.3 Å². The highest BCUT2D eigenvalue weighted by Crippen LogP contribution is 2.25. The molecule has 0 bridgehead atoms. The molecule has 7 nitrogen and oxygen atoms in total. The van der Waals surface area contributed by atoms with Gasteiger partial charge in [0.1, 0.15) is 18.0 Å². The highest BCUT2D eigenvalue weighted by molar-refractivity contribution is 5.94. The zero-order chi connectivity index (χ0) is 15.9. The summed E-state index contributed by atoms with van der Waals surface area (Å²) in [6, 6.07) is 13.3. The van der Waals surface area contributed by atoms with E-state index in [0.29, 0.717) is 18.8 Å². The van der Waals surface area contributed by atoms with Crippen LogP contribution in [0.1, 0.15) is 10.4 Å². The number of hydrogen-bond acceptors (Lipinski definition) is 5. The van der Waals surface area contributed by atoms with Crippen molar-refractivity contribution in [3.05, 3.63) is 64.2 Å². The number of ether oxygens (including phenoxy) is 1. The quantitative estimate of drug-likeness (QED) is 0.463. The number of nitrogens with two attached hydrogens (primary N) is 1. The lowest BCUT2D eigenvalue weighted by atomic mass is 10.1. The minimum Gasteiger partial charge on any atom is -0.492 e.